The van der Waals surface area contributed by atoms with E-state index in [4.69, 9.17) is 4.42 Å². The minimum Gasteiger partial charge on any atom is -0.444 e. The monoisotopic (exact) mass is 288 g/mol. The van der Waals surface area contributed by atoms with Gasteiger partial charge in [-0.05, 0) is 45.7 Å². The molecule has 0 aromatic carbocycles. The van der Waals surface area contributed by atoms with Gasteiger partial charge < -0.3 is 4.42 Å². The van der Waals surface area contributed by atoms with Crippen LogP contribution in [0.25, 0.3) is 0 Å². The summed E-state index contributed by atoms with van der Waals surface area (Å²) >= 11 is 0. The van der Waals surface area contributed by atoms with Gasteiger partial charge >= 0.3 is 0 Å². The molecule has 0 bridgehead atoms. The molecule has 5 heteroatoms. The van der Waals surface area contributed by atoms with E-state index in [1.165, 1.54) is 24.8 Å². The second-order valence-corrected chi connectivity index (χ2v) is 6.11. The summed E-state index contributed by atoms with van der Waals surface area (Å²) in [5, 5.41) is 4.42. The van der Waals surface area contributed by atoms with Crippen LogP contribution >= 0.6 is 0 Å². The summed E-state index contributed by atoms with van der Waals surface area (Å²) in [6.45, 7) is 8.94. The average Bonchev–Trinajstić information content (AvgIpc) is 2.99. The molecule has 1 aliphatic rings. The van der Waals surface area contributed by atoms with Gasteiger partial charge in [0.2, 0.25) is 5.89 Å². The van der Waals surface area contributed by atoms with E-state index in [9.17, 15) is 0 Å². The van der Waals surface area contributed by atoms with E-state index in [-0.39, 0.29) is 0 Å². The van der Waals surface area contributed by atoms with Gasteiger partial charge in [-0.15, -0.1) is 0 Å². The molecule has 0 saturated carbocycles. The number of likely N-dealkylation sites (tertiary alicyclic amines) is 1. The van der Waals surface area contributed by atoms with Crippen LogP contribution in [-0.4, -0.2) is 32.3 Å². The van der Waals surface area contributed by atoms with Crippen LogP contribution in [-0.2, 0) is 13.1 Å². The van der Waals surface area contributed by atoms with Gasteiger partial charge in [-0.1, -0.05) is 6.42 Å². The second kappa shape index (κ2) is 6.02. The lowest BCUT2D eigenvalue weighted by molar-refractivity contribution is 0.111. The predicted octanol–water partition coefficient (Wildman–Crippen LogP) is 2.85. The zero-order valence-electron chi connectivity index (χ0n) is 13.2. The highest BCUT2D eigenvalue weighted by atomic mass is 16.4. The molecule has 0 spiro atoms. The van der Waals surface area contributed by atoms with Gasteiger partial charge in [0.1, 0.15) is 5.76 Å². The standard InChI is InChI=1S/C16H24N4O/c1-12-8-17-20(9-12)10-15-6-4-5-7-19(15)11-16-18-13(2)14(3)21-16/h8-9,15H,4-7,10-11H2,1-3H3/t15-/m0/s1. The molecule has 0 unspecified atom stereocenters. The smallest absolute Gasteiger partial charge is 0.208 e. The van der Waals surface area contributed by atoms with Gasteiger partial charge in [0.25, 0.3) is 0 Å². The van der Waals surface area contributed by atoms with Crippen molar-refractivity contribution in [1.29, 1.82) is 0 Å². The Morgan fingerprint density at radius 3 is 2.81 bits per heavy atom. The van der Waals surface area contributed by atoms with Crippen molar-refractivity contribution in [3.8, 4) is 0 Å². The third-order valence-corrected chi connectivity index (χ3v) is 4.32. The van der Waals surface area contributed by atoms with E-state index in [0.717, 1.165) is 37.0 Å². The van der Waals surface area contributed by atoms with Gasteiger partial charge in [0.15, 0.2) is 0 Å². The molecule has 5 nitrogen and oxygen atoms in total. The Morgan fingerprint density at radius 1 is 1.29 bits per heavy atom. The molecule has 1 fully saturated rings. The summed E-state index contributed by atoms with van der Waals surface area (Å²) in [5.74, 6) is 1.77. The van der Waals surface area contributed by atoms with Crippen molar-refractivity contribution in [2.75, 3.05) is 6.54 Å². The lowest BCUT2D eigenvalue weighted by Crippen LogP contribution is -2.41. The molecule has 1 saturated heterocycles. The normalized spacial score (nSPS) is 20.0. The molecule has 2 aromatic rings. The molecule has 21 heavy (non-hydrogen) atoms. The first-order valence-corrected chi connectivity index (χ1v) is 7.78. The maximum absolute atomic E-state index is 5.74. The van der Waals surface area contributed by atoms with Crippen molar-refractivity contribution < 1.29 is 4.42 Å². The Morgan fingerprint density at radius 2 is 2.14 bits per heavy atom. The van der Waals surface area contributed by atoms with E-state index >= 15 is 0 Å². The number of piperidine rings is 1. The number of aryl methyl sites for hydroxylation is 3. The molecule has 1 aliphatic heterocycles. The minimum atomic E-state index is 0.519. The van der Waals surface area contributed by atoms with Gasteiger partial charge in [0, 0.05) is 12.2 Å². The predicted molar refractivity (Wildman–Crippen MR) is 81.0 cm³/mol. The van der Waals surface area contributed by atoms with Gasteiger partial charge in [-0.3, -0.25) is 9.58 Å². The summed E-state index contributed by atoms with van der Waals surface area (Å²) in [7, 11) is 0. The van der Waals surface area contributed by atoms with Crippen molar-refractivity contribution in [2.45, 2.75) is 59.2 Å². The number of nitrogens with zero attached hydrogens (tertiary/aromatic N) is 4. The summed E-state index contributed by atoms with van der Waals surface area (Å²) in [6.07, 6.45) is 7.82. The fourth-order valence-corrected chi connectivity index (χ4v) is 3.04. The zero-order valence-corrected chi connectivity index (χ0v) is 13.2. The number of oxazole rings is 1. The van der Waals surface area contributed by atoms with Crippen LogP contribution in [0.1, 0.15) is 42.2 Å². The Bertz CT molecular complexity index is 582. The maximum atomic E-state index is 5.74. The molecule has 114 valence electrons. The van der Waals surface area contributed by atoms with Crippen LogP contribution in [0.5, 0.6) is 0 Å². The lowest BCUT2D eigenvalue weighted by atomic mass is 10.0. The Kier molecular flexibility index (Phi) is 4.10. The van der Waals surface area contributed by atoms with E-state index in [0.29, 0.717) is 6.04 Å². The van der Waals surface area contributed by atoms with Crippen molar-refractivity contribution in [3.63, 3.8) is 0 Å². The third kappa shape index (κ3) is 3.35. The Labute approximate surface area is 126 Å². The Balaban J connectivity index is 1.69. The fourth-order valence-electron chi connectivity index (χ4n) is 3.04. The number of hydrogen-bond donors (Lipinski definition) is 0. The molecule has 0 aliphatic carbocycles. The summed E-state index contributed by atoms with van der Waals surface area (Å²) in [4.78, 5) is 7.01. The zero-order chi connectivity index (χ0) is 14.8. The second-order valence-electron chi connectivity index (χ2n) is 6.11. The van der Waals surface area contributed by atoms with Crippen molar-refractivity contribution in [2.24, 2.45) is 0 Å². The summed E-state index contributed by atoms with van der Waals surface area (Å²) in [6, 6.07) is 0.519. The van der Waals surface area contributed by atoms with Crippen LogP contribution in [0, 0.1) is 20.8 Å². The first-order chi connectivity index (χ1) is 10.1. The molecule has 0 radical (unpaired) electrons. The topological polar surface area (TPSA) is 47.1 Å². The average molecular weight is 288 g/mol. The highest BCUT2D eigenvalue weighted by Crippen LogP contribution is 2.21. The van der Waals surface area contributed by atoms with E-state index < -0.39 is 0 Å². The number of rotatable bonds is 4. The van der Waals surface area contributed by atoms with Crippen LogP contribution in [0.3, 0.4) is 0 Å². The first-order valence-electron chi connectivity index (χ1n) is 7.78. The third-order valence-electron chi connectivity index (χ3n) is 4.32. The highest BCUT2D eigenvalue weighted by Gasteiger charge is 2.24. The SMILES string of the molecule is Cc1cnn(C[C@@H]2CCCCN2Cc2nc(C)c(C)o2)c1. The lowest BCUT2D eigenvalue weighted by Gasteiger charge is -2.34. The largest absolute Gasteiger partial charge is 0.444 e. The fraction of sp³-hybridized carbons (Fsp3) is 0.625. The first kappa shape index (κ1) is 14.3. The molecule has 0 amide bonds. The van der Waals surface area contributed by atoms with Gasteiger partial charge in [0.05, 0.1) is 25.0 Å². The molecular weight excluding hydrogens is 264 g/mol. The molecule has 3 heterocycles. The van der Waals surface area contributed by atoms with Gasteiger partial charge in [-0.2, -0.15) is 5.10 Å². The van der Waals surface area contributed by atoms with Crippen LogP contribution in [0.4, 0.5) is 0 Å². The summed E-state index contributed by atoms with van der Waals surface area (Å²) < 4.78 is 7.80. The molecule has 0 N–H and O–H groups in total. The van der Waals surface area contributed by atoms with Crippen LogP contribution < -0.4 is 0 Å². The Hall–Kier alpha value is -1.62. The van der Waals surface area contributed by atoms with Crippen molar-refractivity contribution in [1.82, 2.24) is 19.7 Å². The number of aromatic nitrogens is 3. The quantitative estimate of drug-likeness (QED) is 0.868. The summed E-state index contributed by atoms with van der Waals surface area (Å²) in [5.41, 5.74) is 2.22. The molecule has 2 aromatic heterocycles. The van der Waals surface area contributed by atoms with Crippen LogP contribution in [0.15, 0.2) is 16.8 Å². The molecular formula is C16H24N4O. The van der Waals surface area contributed by atoms with E-state index in [1.54, 1.807) is 0 Å². The van der Waals surface area contributed by atoms with Gasteiger partial charge in [-0.25, -0.2) is 4.98 Å². The van der Waals surface area contributed by atoms with Crippen LogP contribution in [0.2, 0.25) is 0 Å². The maximum Gasteiger partial charge on any atom is 0.208 e. The molecule has 3 rings (SSSR count). The van der Waals surface area contributed by atoms with E-state index in [2.05, 4.69) is 32.8 Å². The highest BCUT2D eigenvalue weighted by molar-refractivity contribution is 5.05. The van der Waals surface area contributed by atoms with Crippen molar-refractivity contribution in [3.05, 3.63) is 35.3 Å². The van der Waals surface area contributed by atoms with Crippen molar-refractivity contribution >= 4 is 0 Å². The minimum absolute atomic E-state index is 0.519. The molecule has 1 atom stereocenters. The number of hydrogen-bond acceptors (Lipinski definition) is 4. The van der Waals surface area contributed by atoms with E-state index in [1.807, 2.05) is 20.0 Å².